The highest BCUT2D eigenvalue weighted by Gasteiger charge is 2.44. The fourth-order valence-corrected chi connectivity index (χ4v) is 4.22. The van der Waals surface area contributed by atoms with Gasteiger partial charge < -0.3 is 0 Å². The Morgan fingerprint density at radius 3 is 2.52 bits per heavy atom. The molecule has 3 atom stereocenters. The lowest BCUT2D eigenvalue weighted by Gasteiger charge is -2.26. The molecule has 21 heavy (non-hydrogen) atoms. The average Bonchev–Trinajstić information content (AvgIpc) is 2.97. The molecule has 112 valence electrons. The van der Waals surface area contributed by atoms with Gasteiger partial charge in [-0.15, -0.1) is 0 Å². The minimum atomic E-state index is 0.138. The average molecular weight is 282 g/mol. The van der Waals surface area contributed by atoms with Gasteiger partial charge in [-0.25, -0.2) is 0 Å². The zero-order chi connectivity index (χ0) is 15.0. The van der Waals surface area contributed by atoms with Gasteiger partial charge in [-0.1, -0.05) is 69.2 Å². The van der Waals surface area contributed by atoms with Gasteiger partial charge in [-0.2, -0.15) is 0 Å². The summed E-state index contributed by atoms with van der Waals surface area (Å²) in [6.45, 7) is 6.81. The van der Waals surface area contributed by atoms with E-state index in [1.165, 1.54) is 24.8 Å². The van der Waals surface area contributed by atoms with Gasteiger partial charge in [0.05, 0.1) is 0 Å². The second kappa shape index (κ2) is 5.44. The second-order valence-corrected chi connectivity index (χ2v) is 7.95. The Hall–Kier alpha value is -1.37. The van der Waals surface area contributed by atoms with Crippen molar-refractivity contribution in [3.63, 3.8) is 0 Å². The molecule has 0 aliphatic heterocycles. The van der Waals surface area contributed by atoms with Crippen LogP contribution in [-0.4, -0.2) is 5.78 Å². The number of allylic oxidation sites excluding steroid dienone is 2. The molecule has 1 fully saturated rings. The van der Waals surface area contributed by atoms with Crippen LogP contribution in [0.2, 0.25) is 0 Å². The van der Waals surface area contributed by atoms with Crippen molar-refractivity contribution in [2.24, 2.45) is 23.2 Å². The molecule has 2 aliphatic rings. The van der Waals surface area contributed by atoms with Crippen molar-refractivity contribution >= 4 is 5.78 Å². The lowest BCUT2D eigenvalue weighted by atomic mass is 9.77. The Morgan fingerprint density at radius 2 is 1.86 bits per heavy atom. The van der Waals surface area contributed by atoms with Gasteiger partial charge in [-0.3, -0.25) is 4.79 Å². The van der Waals surface area contributed by atoms with Gasteiger partial charge in [0.15, 0.2) is 5.78 Å². The Morgan fingerprint density at radius 1 is 1.14 bits per heavy atom. The zero-order valence-corrected chi connectivity index (χ0v) is 13.4. The van der Waals surface area contributed by atoms with E-state index in [4.69, 9.17) is 0 Å². The molecule has 0 bridgehead atoms. The molecule has 0 N–H and O–H groups in total. The number of rotatable bonds is 3. The number of ketones is 1. The van der Waals surface area contributed by atoms with Crippen LogP contribution >= 0.6 is 0 Å². The molecule has 0 spiro atoms. The summed E-state index contributed by atoms with van der Waals surface area (Å²) < 4.78 is 0. The van der Waals surface area contributed by atoms with E-state index in [0.717, 1.165) is 12.0 Å². The molecular formula is C20H26O. The van der Waals surface area contributed by atoms with E-state index in [-0.39, 0.29) is 11.3 Å². The highest BCUT2D eigenvalue weighted by Crippen LogP contribution is 2.50. The maximum absolute atomic E-state index is 13.0. The van der Waals surface area contributed by atoms with Crippen LogP contribution in [0.5, 0.6) is 0 Å². The van der Waals surface area contributed by atoms with E-state index in [0.29, 0.717) is 17.6 Å². The summed E-state index contributed by atoms with van der Waals surface area (Å²) in [4.78, 5) is 13.0. The van der Waals surface area contributed by atoms with Crippen molar-refractivity contribution in [1.82, 2.24) is 0 Å². The van der Waals surface area contributed by atoms with Crippen LogP contribution < -0.4 is 0 Å². The largest absolute Gasteiger partial charge is 0.293 e. The molecule has 1 heteroatoms. The Bertz CT molecular complexity index is 547. The minimum Gasteiger partial charge on any atom is -0.293 e. The van der Waals surface area contributed by atoms with Crippen molar-refractivity contribution in [3.05, 3.63) is 47.5 Å². The van der Waals surface area contributed by atoms with E-state index in [1.54, 1.807) is 0 Å². The topological polar surface area (TPSA) is 17.1 Å². The number of carbonyl (C=O) groups is 1. The molecule has 1 nitrogen and oxygen atoms in total. The summed E-state index contributed by atoms with van der Waals surface area (Å²) in [6.07, 6.45) is 7.28. The first-order valence-electron chi connectivity index (χ1n) is 8.25. The second-order valence-electron chi connectivity index (χ2n) is 7.95. The van der Waals surface area contributed by atoms with Gasteiger partial charge in [0.25, 0.3) is 0 Å². The monoisotopic (exact) mass is 282 g/mol. The zero-order valence-electron chi connectivity index (χ0n) is 13.4. The fourth-order valence-electron chi connectivity index (χ4n) is 4.22. The summed E-state index contributed by atoms with van der Waals surface area (Å²) in [7, 11) is 0. The molecule has 2 aliphatic carbocycles. The summed E-state index contributed by atoms with van der Waals surface area (Å²) in [5.41, 5.74) is 2.54. The SMILES string of the molecule is CC(C)(C)CC1=C[C@H]2CCC[C@H]2[C@@H]1C(=O)c1ccccc1. The van der Waals surface area contributed by atoms with Crippen molar-refractivity contribution < 1.29 is 4.79 Å². The summed E-state index contributed by atoms with van der Waals surface area (Å²) in [5, 5.41) is 0. The highest BCUT2D eigenvalue weighted by molar-refractivity contribution is 6.00. The molecule has 0 radical (unpaired) electrons. The molecule has 3 rings (SSSR count). The predicted molar refractivity (Wildman–Crippen MR) is 87.2 cm³/mol. The Labute approximate surface area is 128 Å². The van der Waals surface area contributed by atoms with E-state index in [9.17, 15) is 4.79 Å². The first kappa shape index (κ1) is 14.6. The van der Waals surface area contributed by atoms with Crippen molar-refractivity contribution in [2.75, 3.05) is 0 Å². The Balaban J connectivity index is 1.90. The smallest absolute Gasteiger partial charge is 0.170 e. The fraction of sp³-hybridized carbons (Fsp3) is 0.550. The third-order valence-corrected chi connectivity index (χ3v) is 4.96. The van der Waals surface area contributed by atoms with Crippen molar-refractivity contribution in [2.45, 2.75) is 46.5 Å². The highest BCUT2D eigenvalue weighted by atomic mass is 16.1. The van der Waals surface area contributed by atoms with Crippen LogP contribution in [0.3, 0.4) is 0 Å². The Kier molecular flexibility index (Phi) is 3.77. The normalized spacial score (nSPS) is 28.3. The van der Waals surface area contributed by atoms with E-state index >= 15 is 0 Å². The number of hydrogen-bond acceptors (Lipinski definition) is 1. The standard InChI is InChI=1S/C20H26O/c1-20(2,3)13-16-12-15-10-7-11-17(15)18(16)19(21)14-8-5-4-6-9-14/h4-6,8-9,12,15,17-18H,7,10-11,13H2,1-3H3/t15-,17-,18-/m1/s1. The molecule has 0 heterocycles. The summed E-state index contributed by atoms with van der Waals surface area (Å²) >= 11 is 0. The van der Waals surface area contributed by atoms with Crippen LogP contribution in [-0.2, 0) is 0 Å². The van der Waals surface area contributed by atoms with Crippen LogP contribution in [0.25, 0.3) is 0 Å². The van der Waals surface area contributed by atoms with Crippen molar-refractivity contribution in [3.8, 4) is 0 Å². The molecule has 0 aromatic heterocycles. The molecule has 1 aromatic carbocycles. The van der Waals surface area contributed by atoms with Gasteiger partial charge in [-0.05, 0) is 36.5 Å². The van der Waals surface area contributed by atoms with E-state index < -0.39 is 0 Å². The molecule has 1 saturated carbocycles. The van der Waals surface area contributed by atoms with Crippen LogP contribution in [0.1, 0.15) is 56.8 Å². The molecule has 0 amide bonds. The van der Waals surface area contributed by atoms with E-state index in [2.05, 4.69) is 26.8 Å². The number of hydrogen-bond donors (Lipinski definition) is 0. The molecule has 0 saturated heterocycles. The lowest BCUT2D eigenvalue weighted by Crippen LogP contribution is -2.24. The summed E-state index contributed by atoms with van der Waals surface area (Å²) in [6, 6.07) is 9.87. The molecular weight excluding hydrogens is 256 g/mol. The van der Waals surface area contributed by atoms with Gasteiger partial charge >= 0.3 is 0 Å². The van der Waals surface area contributed by atoms with Crippen LogP contribution in [0.15, 0.2) is 42.0 Å². The third-order valence-electron chi connectivity index (χ3n) is 4.96. The predicted octanol–water partition coefficient (Wildman–Crippen LogP) is 5.28. The minimum absolute atomic E-state index is 0.138. The number of carbonyl (C=O) groups excluding carboxylic acids is 1. The number of Topliss-reactive ketones (excluding diaryl/α,β-unsaturated/α-hetero) is 1. The van der Waals surface area contributed by atoms with Crippen LogP contribution in [0, 0.1) is 23.2 Å². The van der Waals surface area contributed by atoms with Gasteiger partial charge in [0, 0.05) is 11.5 Å². The number of fused-ring (bicyclic) bond motifs is 1. The molecule has 1 aromatic rings. The van der Waals surface area contributed by atoms with E-state index in [1.807, 2.05) is 30.3 Å². The van der Waals surface area contributed by atoms with Gasteiger partial charge in [0.2, 0.25) is 0 Å². The molecule has 0 unspecified atom stereocenters. The van der Waals surface area contributed by atoms with Crippen LogP contribution in [0.4, 0.5) is 0 Å². The quantitative estimate of drug-likeness (QED) is 0.544. The summed E-state index contributed by atoms with van der Waals surface area (Å²) in [5.74, 6) is 1.70. The lowest BCUT2D eigenvalue weighted by molar-refractivity contribution is 0.0897. The maximum atomic E-state index is 13.0. The maximum Gasteiger partial charge on any atom is 0.170 e. The first-order chi connectivity index (χ1) is 9.96. The number of benzene rings is 1. The van der Waals surface area contributed by atoms with Crippen molar-refractivity contribution in [1.29, 1.82) is 0 Å². The third kappa shape index (κ3) is 2.97. The van der Waals surface area contributed by atoms with Gasteiger partial charge in [0.1, 0.15) is 0 Å². The first-order valence-corrected chi connectivity index (χ1v) is 8.25.